The standard InChI is InChI=1S/C22H23N3O3S/c1-24(22(26)18-12-13-29(27,28)16-18)14-19-15-25(20-10-6-3-7-11-20)23-21(19)17-8-4-2-5-9-17/h2-11,15,18H,12-14,16H2,1H3/t18-/m0/s1. The van der Waals surface area contributed by atoms with E-state index in [4.69, 9.17) is 5.10 Å². The van der Waals surface area contributed by atoms with E-state index in [0.29, 0.717) is 13.0 Å². The van der Waals surface area contributed by atoms with E-state index in [0.717, 1.165) is 22.5 Å². The Kier molecular flexibility index (Phi) is 5.24. The molecule has 0 N–H and O–H groups in total. The molecule has 1 aliphatic heterocycles. The molecule has 2 aromatic carbocycles. The van der Waals surface area contributed by atoms with Gasteiger partial charge in [0.2, 0.25) is 5.91 Å². The van der Waals surface area contributed by atoms with E-state index < -0.39 is 15.8 Å². The molecule has 0 saturated carbocycles. The molecular weight excluding hydrogens is 386 g/mol. The molecule has 6 nitrogen and oxygen atoms in total. The molecule has 0 aliphatic carbocycles. The van der Waals surface area contributed by atoms with Crippen LogP contribution in [0.2, 0.25) is 0 Å². The van der Waals surface area contributed by atoms with Gasteiger partial charge in [-0.2, -0.15) is 5.10 Å². The van der Waals surface area contributed by atoms with E-state index in [1.54, 1.807) is 11.9 Å². The Morgan fingerprint density at radius 3 is 2.38 bits per heavy atom. The van der Waals surface area contributed by atoms with Crippen LogP contribution in [0, 0.1) is 5.92 Å². The Hall–Kier alpha value is -2.93. The maximum Gasteiger partial charge on any atom is 0.226 e. The second-order valence-corrected chi connectivity index (χ2v) is 9.67. The van der Waals surface area contributed by atoms with Gasteiger partial charge in [-0.3, -0.25) is 4.79 Å². The van der Waals surface area contributed by atoms with Crippen molar-refractivity contribution < 1.29 is 13.2 Å². The summed E-state index contributed by atoms with van der Waals surface area (Å²) >= 11 is 0. The molecule has 4 rings (SSSR count). The van der Waals surface area contributed by atoms with Gasteiger partial charge in [0.15, 0.2) is 9.84 Å². The highest BCUT2D eigenvalue weighted by Crippen LogP contribution is 2.26. The first-order valence-corrected chi connectivity index (χ1v) is 11.4. The first-order valence-electron chi connectivity index (χ1n) is 9.58. The summed E-state index contributed by atoms with van der Waals surface area (Å²) in [5.74, 6) is -0.532. The lowest BCUT2D eigenvalue weighted by atomic mass is 10.1. The first kappa shape index (κ1) is 19.4. The average Bonchev–Trinajstić information content (AvgIpc) is 3.32. The number of aromatic nitrogens is 2. The zero-order chi connectivity index (χ0) is 20.4. The number of para-hydroxylation sites is 1. The Balaban J connectivity index is 1.63. The van der Waals surface area contributed by atoms with Crippen LogP contribution < -0.4 is 0 Å². The van der Waals surface area contributed by atoms with Gasteiger partial charge in [0.1, 0.15) is 0 Å². The summed E-state index contributed by atoms with van der Waals surface area (Å²) in [4.78, 5) is 14.4. The highest BCUT2D eigenvalue weighted by Gasteiger charge is 2.34. The predicted octanol–water partition coefficient (Wildman–Crippen LogP) is 2.93. The molecule has 1 aliphatic rings. The molecule has 2 heterocycles. The van der Waals surface area contributed by atoms with Crippen molar-refractivity contribution in [3.63, 3.8) is 0 Å². The van der Waals surface area contributed by atoms with Crippen molar-refractivity contribution in [2.24, 2.45) is 5.92 Å². The number of rotatable bonds is 5. The zero-order valence-electron chi connectivity index (χ0n) is 16.2. The lowest BCUT2D eigenvalue weighted by Gasteiger charge is -2.20. The molecule has 29 heavy (non-hydrogen) atoms. The van der Waals surface area contributed by atoms with E-state index in [1.165, 1.54) is 0 Å². The third-order valence-corrected chi connectivity index (χ3v) is 6.99. The quantitative estimate of drug-likeness (QED) is 0.650. The van der Waals surface area contributed by atoms with Gasteiger partial charge in [-0.05, 0) is 18.6 Å². The summed E-state index contributed by atoms with van der Waals surface area (Å²) < 4.78 is 25.3. The van der Waals surface area contributed by atoms with Gasteiger partial charge < -0.3 is 4.90 Å². The number of amides is 1. The molecule has 0 radical (unpaired) electrons. The van der Waals surface area contributed by atoms with E-state index >= 15 is 0 Å². The minimum atomic E-state index is -3.09. The smallest absolute Gasteiger partial charge is 0.226 e. The van der Waals surface area contributed by atoms with Gasteiger partial charge in [0, 0.05) is 30.9 Å². The molecule has 1 saturated heterocycles. The monoisotopic (exact) mass is 409 g/mol. The summed E-state index contributed by atoms with van der Waals surface area (Å²) in [5, 5.41) is 4.77. The third kappa shape index (κ3) is 4.24. The van der Waals surface area contributed by atoms with E-state index in [2.05, 4.69) is 0 Å². The molecule has 1 atom stereocenters. The molecule has 0 spiro atoms. The summed E-state index contributed by atoms with van der Waals surface area (Å²) in [7, 11) is -1.37. The number of sulfone groups is 1. The Morgan fingerprint density at radius 2 is 1.76 bits per heavy atom. The summed E-state index contributed by atoms with van der Waals surface area (Å²) in [6.07, 6.45) is 2.34. The third-order valence-electron chi connectivity index (χ3n) is 5.22. The summed E-state index contributed by atoms with van der Waals surface area (Å²) in [6.45, 7) is 0.368. The summed E-state index contributed by atoms with van der Waals surface area (Å²) in [5.41, 5.74) is 3.64. The predicted molar refractivity (Wildman–Crippen MR) is 112 cm³/mol. The van der Waals surface area contributed by atoms with E-state index in [9.17, 15) is 13.2 Å². The van der Waals surface area contributed by atoms with Gasteiger partial charge in [-0.25, -0.2) is 13.1 Å². The fraction of sp³-hybridized carbons (Fsp3) is 0.273. The molecule has 1 amide bonds. The van der Waals surface area contributed by atoms with Gasteiger partial charge in [0.25, 0.3) is 0 Å². The SMILES string of the molecule is CN(Cc1cn(-c2ccccc2)nc1-c1ccccc1)C(=O)[C@H]1CCS(=O)(=O)C1. The van der Waals surface area contributed by atoms with Gasteiger partial charge >= 0.3 is 0 Å². The minimum Gasteiger partial charge on any atom is -0.341 e. The lowest BCUT2D eigenvalue weighted by Crippen LogP contribution is -2.33. The molecule has 7 heteroatoms. The summed E-state index contributed by atoms with van der Waals surface area (Å²) in [6, 6.07) is 19.7. The highest BCUT2D eigenvalue weighted by atomic mass is 32.2. The molecule has 150 valence electrons. The molecular formula is C22H23N3O3S. The van der Waals surface area contributed by atoms with Crippen LogP contribution >= 0.6 is 0 Å². The zero-order valence-corrected chi connectivity index (χ0v) is 17.0. The fourth-order valence-electron chi connectivity index (χ4n) is 3.71. The van der Waals surface area contributed by atoms with Crippen molar-refractivity contribution in [2.45, 2.75) is 13.0 Å². The average molecular weight is 410 g/mol. The van der Waals surface area contributed by atoms with Crippen LogP contribution in [-0.4, -0.2) is 47.6 Å². The van der Waals surface area contributed by atoms with Crippen molar-refractivity contribution in [3.05, 3.63) is 72.4 Å². The highest BCUT2D eigenvalue weighted by molar-refractivity contribution is 7.91. The number of nitrogens with zero attached hydrogens (tertiary/aromatic N) is 3. The Bertz CT molecular complexity index is 1110. The second kappa shape index (κ2) is 7.83. The first-order chi connectivity index (χ1) is 13.9. The maximum atomic E-state index is 12.8. The van der Waals surface area contributed by atoms with E-state index in [1.807, 2.05) is 71.5 Å². The van der Waals surface area contributed by atoms with Gasteiger partial charge in [0.05, 0.1) is 28.8 Å². The van der Waals surface area contributed by atoms with Crippen LogP contribution in [0.25, 0.3) is 16.9 Å². The Morgan fingerprint density at radius 1 is 1.10 bits per heavy atom. The van der Waals surface area contributed by atoms with Crippen LogP contribution in [0.3, 0.4) is 0 Å². The number of hydrogen-bond donors (Lipinski definition) is 0. The van der Waals surface area contributed by atoms with Crippen LogP contribution in [-0.2, 0) is 21.2 Å². The lowest BCUT2D eigenvalue weighted by molar-refractivity contribution is -0.133. The normalized spacial score (nSPS) is 17.9. The molecule has 0 bridgehead atoms. The van der Waals surface area contributed by atoms with Crippen LogP contribution in [0.4, 0.5) is 0 Å². The molecule has 1 aromatic heterocycles. The van der Waals surface area contributed by atoms with Crippen LogP contribution in [0.5, 0.6) is 0 Å². The molecule has 3 aromatic rings. The van der Waals surface area contributed by atoms with Crippen molar-refractivity contribution in [3.8, 4) is 16.9 Å². The van der Waals surface area contributed by atoms with Crippen molar-refractivity contribution in [2.75, 3.05) is 18.6 Å². The Labute approximate surface area is 170 Å². The maximum absolute atomic E-state index is 12.8. The van der Waals surface area contributed by atoms with Crippen LogP contribution in [0.1, 0.15) is 12.0 Å². The minimum absolute atomic E-state index is 0.0506. The fourth-order valence-corrected chi connectivity index (χ4v) is 5.44. The molecule has 1 fully saturated rings. The largest absolute Gasteiger partial charge is 0.341 e. The number of hydrogen-bond acceptors (Lipinski definition) is 4. The second-order valence-electron chi connectivity index (χ2n) is 7.44. The number of carbonyl (C=O) groups is 1. The van der Waals surface area contributed by atoms with Gasteiger partial charge in [-0.15, -0.1) is 0 Å². The van der Waals surface area contributed by atoms with Gasteiger partial charge in [-0.1, -0.05) is 48.5 Å². The number of benzene rings is 2. The van der Waals surface area contributed by atoms with Crippen molar-refractivity contribution in [1.82, 2.24) is 14.7 Å². The van der Waals surface area contributed by atoms with E-state index in [-0.39, 0.29) is 17.4 Å². The van der Waals surface area contributed by atoms with Crippen molar-refractivity contribution >= 4 is 15.7 Å². The topological polar surface area (TPSA) is 72.3 Å². The van der Waals surface area contributed by atoms with Crippen molar-refractivity contribution in [1.29, 1.82) is 0 Å². The molecule has 0 unspecified atom stereocenters. The number of carbonyl (C=O) groups excluding carboxylic acids is 1. The van der Waals surface area contributed by atoms with Crippen LogP contribution in [0.15, 0.2) is 66.9 Å².